The Kier molecular flexibility index (Phi) is 4.07. The fraction of sp³-hybridized carbons (Fsp3) is 0.0476. The van der Waals surface area contributed by atoms with Crippen LogP contribution in [0.15, 0.2) is 76.4 Å². The summed E-state index contributed by atoms with van der Waals surface area (Å²) in [6, 6.07) is 16.2. The van der Waals surface area contributed by atoms with Crippen LogP contribution in [0.5, 0.6) is 0 Å². The van der Waals surface area contributed by atoms with Gasteiger partial charge in [-0.05, 0) is 53.2 Å². The zero-order valence-electron chi connectivity index (χ0n) is 15.3. The van der Waals surface area contributed by atoms with Crippen molar-refractivity contribution >= 4 is 47.9 Å². The Bertz CT molecular complexity index is 1480. The summed E-state index contributed by atoms with van der Waals surface area (Å²) in [6.45, 7) is 1.92. The van der Waals surface area contributed by atoms with Crippen LogP contribution < -0.4 is 0 Å². The number of benzene rings is 2. The lowest BCUT2D eigenvalue weighted by molar-refractivity contribution is 0.589. The number of halogens is 1. The van der Waals surface area contributed by atoms with Crippen molar-refractivity contribution in [1.29, 1.82) is 0 Å². The molecule has 0 fully saturated rings. The molecule has 5 aromatic rings. The highest BCUT2D eigenvalue weighted by Crippen LogP contribution is 2.35. The van der Waals surface area contributed by atoms with Crippen LogP contribution in [0, 0.1) is 6.92 Å². The molecule has 0 atom stereocenters. The number of nitrogens with one attached hydrogen (secondary N) is 1. The van der Waals surface area contributed by atoms with Gasteiger partial charge >= 0.3 is 0 Å². The standard InChI is InChI=1S/C21H15BrN4O2S/c1-13-2-6-16(7-3-13)29(27,28)26-20(11-17-18(22)8-9-23-21(17)26)14-4-5-15-12-24-25-19(15)10-14/h2-12H,1H3,(H,24,25). The lowest BCUT2D eigenvalue weighted by Gasteiger charge is -2.12. The van der Waals surface area contributed by atoms with Gasteiger partial charge in [-0.1, -0.05) is 29.8 Å². The first-order valence-corrected chi connectivity index (χ1v) is 11.1. The van der Waals surface area contributed by atoms with E-state index in [4.69, 9.17) is 0 Å². The van der Waals surface area contributed by atoms with Crippen LogP contribution in [0.3, 0.4) is 0 Å². The summed E-state index contributed by atoms with van der Waals surface area (Å²) in [5.74, 6) is 0. The molecule has 0 unspecified atom stereocenters. The molecule has 8 heteroatoms. The molecule has 0 aliphatic heterocycles. The molecule has 0 bridgehead atoms. The Morgan fingerprint density at radius 1 is 1.03 bits per heavy atom. The summed E-state index contributed by atoms with van der Waals surface area (Å²) in [4.78, 5) is 4.60. The fourth-order valence-electron chi connectivity index (χ4n) is 3.40. The van der Waals surface area contributed by atoms with Gasteiger partial charge in [0.15, 0.2) is 5.65 Å². The third kappa shape index (κ3) is 2.87. The Morgan fingerprint density at radius 3 is 2.62 bits per heavy atom. The van der Waals surface area contributed by atoms with Gasteiger partial charge in [0.25, 0.3) is 10.0 Å². The highest BCUT2D eigenvalue weighted by molar-refractivity contribution is 9.10. The van der Waals surface area contributed by atoms with Crippen LogP contribution in [-0.2, 0) is 10.0 Å². The van der Waals surface area contributed by atoms with E-state index in [1.165, 1.54) is 3.97 Å². The summed E-state index contributed by atoms with van der Waals surface area (Å²) >= 11 is 3.52. The van der Waals surface area contributed by atoms with Crippen molar-refractivity contribution in [3.05, 3.63) is 77.0 Å². The van der Waals surface area contributed by atoms with Crippen molar-refractivity contribution in [3.8, 4) is 11.3 Å². The molecule has 0 saturated heterocycles. The van der Waals surface area contributed by atoms with Crippen LogP contribution in [-0.4, -0.2) is 27.6 Å². The number of aromatic amines is 1. The topological polar surface area (TPSA) is 80.6 Å². The van der Waals surface area contributed by atoms with Gasteiger partial charge in [-0.25, -0.2) is 17.4 Å². The zero-order chi connectivity index (χ0) is 20.2. The molecule has 0 aliphatic rings. The molecule has 3 aromatic heterocycles. The van der Waals surface area contributed by atoms with Gasteiger partial charge < -0.3 is 0 Å². The van der Waals surface area contributed by atoms with E-state index in [-0.39, 0.29) is 4.90 Å². The molecule has 5 rings (SSSR count). The van der Waals surface area contributed by atoms with Gasteiger partial charge in [0.2, 0.25) is 0 Å². The number of H-pyrrole nitrogens is 1. The zero-order valence-corrected chi connectivity index (χ0v) is 17.7. The van der Waals surface area contributed by atoms with Crippen molar-refractivity contribution in [2.75, 3.05) is 0 Å². The second kappa shape index (κ2) is 6.53. The summed E-state index contributed by atoms with van der Waals surface area (Å²) < 4.78 is 29.3. The molecular formula is C21H15BrN4O2S. The highest BCUT2D eigenvalue weighted by Gasteiger charge is 2.25. The number of pyridine rings is 1. The Balaban J connectivity index is 1.85. The predicted octanol–water partition coefficient (Wildman–Crippen LogP) is 4.89. The molecule has 0 saturated carbocycles. The largest absolute Gasteiger partial charge is 0.278 e. The molecule has 0 radical (unpaired) electrons. The van der Waals surface area contributed by atoms with Gasteiger partial charge in [-0.2, -0.15) is 5.10 Å². The number of fused-ring (bicyclic) bond motifs is 2. The monoisotopic (exact) mass is 466 g/mol. The Hall–Kier alpha value is -2.97. The normalized spacial score (nSPS) is 12.1. The summed E-state index contributed by atoms with van der Waals surface area (Å²) in [6.07, 6.45) is 3.32. The van der Waals surface area contributed by atoms with E-state index in [9.17, 15) is 8.42 Å². The summed E-state index contributed by atoms with van der Waals surface area (Å²) in [5.41, 5.74) is 3.49. The Labute approximate surface area is 175 Å². The molecule has 0 aliphatic carbocycles. The minimum Gasteiger partial charge on any atom is -0.278 e. The van der Waals surface area contributed by atoms with Gasteiger partial charge in [-0.3, -0.25) is 5.10 Å². The lowest BCUT2D eigenvalue weighted by Crippen LogP contribution is -2.14. The second-order valence-corrected chi connectivity index (χ2v) is 9.46. The van der Waals surface area contributed by atoms with E-state index >= 15 is 0 Å². The third-order valence-electron chi connectivity index (χ3n) is 4.91. The van der Waals surface area contributed by atoms with Crippen LogP contribution in [0.4, 0.5) is 0 Å². The molecule has 0 amide bonds. The maximum Gasteiger partial charge on any atom is 0.269 e. The van der Waals surface area contributed by atoms with Crippen molar-refractivity contribution in [2.45, 2.75) is 11.8 Å². The highest BCUT2D eigenvalue weighted by atomic mass is 79.9. The van der Waals surface area contributed by atoms with Crippen LogP contribution >= 0.6 is 15.9 Å². The van der Waals surface area contributed by atoms with Crippen molar-refractivity contribution in [2.24, 2.45) is 0 Å². The molecule has 6 nitrogen and oxygen atoms in total. The first-order chi connectivity index (χ1) is 13.9. The average molecular weight is 467 g/mol. The van der Waals surface area contributed by atoms with Gasteiger partial charge in [0.05, 0.1) is 22.3 Å². The molecule has 2 aromatic carbocycles. The Morgan fingerprint density at radius 2 is 1.83 bits per heavy atom. The van der Waals surface area contributed by atoms with E-state index in [1.54, 1.807) is 42.7 Å². The average Bonchev–Trinajstić information content (AvgIpc) is 3.33. The van der Waals surface area contributed by atoms with E-state index < -0.39 is 10.0 Å². The lowest BCUT2D eigenvalue weighted by atomic mass is 10.1. The van der Waals surface area contributed by atoms with Crippen LogP contribution in [0.2, 0.25) is 0 Å². The third-order valence-corrected chi connectivity index (χ3v) is 7.31. The van der Waals surface area contributed by atoms with E-state index in [2.05, 4.69) is 31.1 Å². The first kappa shape index (κ1) is 18.1. The molecule has 144 valence electrons. The summed E-state index contributed by atoms with van der Waals surface area (Å²) in [5, 5.41) is 8.67. The fourth-order valence-corrected chi connectivity index (χ4v) is 5.29. The SMILES string of the molecule is Cc1ccc(S(=O)(=O)n2c(-c3ccc4cn[nH]c4c3)cc3c(Br)ccnc32)cc1. The predicted molar refractivity (Wildman–Crippen MR) is 116 cm³/mol. The smallest absolute Gasteiger partial charge is 0.269 e. The van der Waals surface area contributed by atoms with Crippen molar-refractivity contribution in [1.82, 2.24) is 19.2 Å². The first-order valence-electron chi connectivity index (χ1n) is 8.87. The maximum absolute atomic E-state index is 13.6. The number of nitrogens with zero attached hydrogens (tertiary/aromatic N) is 3. The number of rotatable bonds is 3. The molecule has 29 heavy (non-hydrogen) atoms. The summed E-state index contributed by atoms with van der Waals surface area (Å²) in [7, 11) is -3.87. The maximum atomic E-state index is 13.6. The molecule has 3 heterocycles. The second-order valence-electron chi connectivity index (χ2n) is 6.81. The van der Waals surface area contributed by atoms with Gasteiger partial charge in [-0.15, -0.1) is 0 Å². The van der Waals surface area contributed by atoms with Gasteiger partial charge in [0.1, 0.15) is 0 Å². The number of hydrogen-bond donors (Lipinski definition) is 1. The van der Waals surface area contributed by atoms with E-state index in [0.29, 0.717) is 11.3 Å². The minimum absolute atomic E-state index is 0.214. The number of aryl methyl sites for hydroxylation is 1. The molecular weight excluding hydrogens is 452 g/mol. The molecule has 0 spiro atoms. The van der Waals surface area contributed by atoms with E-state index in [1.807, 2.05) is 31.2 Å². The van der Waals surface area contributed by atoms with Crippen LogP contribution in [0.1, 0.15) is 5.56 Å². The number of hydrogen-bond acceptors (Lipinski definition) is 4. The van der Waals surface area contributed by atoms with E-state index in [0.717, 1.165) is 31.9 Å². The number of aromatic nitrogens is 4. The van der Waals surface area contributed by atoms with Crippen molar-refractivity contribution < 1.29 is 8.42 Å². The van der Waals surface area contributed by atoms with Crippen LogP contribution in [0.25, 0.3) is 33.2 Å². The quantitative estimate of drug-likeness (QED) is 0.410. The minimum atomic E-state index is -3.87. The van der Waals surface area contributed by atoms with Crippen molar-refractivity contribution in [3.63, 3.8) is 0 Å². The molecule has 1 N–H and O–H groups in total. The van der Waals surface area contributed by atoms with Gasteiger partial charge in [0, 0.05) is 27.0 Å².